The van der Waals surface area contributed by atoms with Gasteiger partial charge in [-0.25, -0.2) is 0 Å². The van der Waals surface area contributed by atoms with Crippen LogP contribution < -0.4 is 0 Å². The fourth-order valence-electron chi connectivity index (χ4n) is 3.72. The molecular formula is C21H21N3O. The molecule has 0 saturated carbocycles. The van der Waals surface area contributed by atoms with Crippen molar-refractivity contribution in [3.63, 3.8) is 0 Å². The van der Waals surface area contributed by atoms with Crippen molar-refractivity contribution >= 4 is 17.6 Å². The summed E-state index contributed by atoms with van der Waals surface area (Å²) in [6, 6.07) is 8.06. The molecule has 0 aromatic carbocycles. The van der Waals surface area contributed by atoms with Crippen LogP contribution in [0.4, 0.5) is 0 Å². The van der Waals surface area contributed by atoms with Gasteiger partial charge >= 0.3 is 0 Å². The lowest BCUT2D eigenvalue weighted by Crippen LogP contribution is -2.27. The Balaban J connectivity index is 1.39. The van der Waals surface area contributed by atoms with Gasteiger partial charge < -0.3 is 4.90 Å². The van der Waals surface area contributed by atoms with Crippen molar-refractivity contribution in [2.24, 2.45) is 11.8 Å². The molecule has 1 amide bonds. The maximum Gasteiger partial charge on any atom is 0.246 e. The molecule has 2 aromatic rings. The minimum Gasteiger partial charge on any atom is -0.338 e. The number of aryl methyl sites for hydroxylation is 1. The highest BCUT2D eigenvalue weighted by atomic mass is 16.2. The maximum atomic E-state index is 12.5. The lowest BCUT2D eigenvalue weighted by molar-refractivity contribution is -0.125. The van der Waals surface area contributed by atoms with E-state index in [1.54, 1.807) is 12.3 Å². The molecule has 1 fully saturated rings. The summed E-state index contributed by atoms with van der Waals surface area (Å²) in [4.78, 5) is 22.8. The average Bonchev–Trinajstić information content (AvgIpc) is 3.21. The van der Waals surface area contributed by atoms with E-state index in [0.29, 0.717) is 11.8 Å². The molecule has 4 rings (SSSR count). The molecule has 4 nitrogen and oxygen atoms in total. The maximum absolute atomic E-state index is 12.5. The molecule has 2 aromatic heterocycles. The summed E-state index contributed by atoms with van der Waals surface area (Å²) in [6.45, 7) is 3.61. The molecule has 126 valence electrons. The smallest absolute Gasteiger partial charge is 0.246 e. The summed E-state index contributed by atoms with van der Waals surface area (Å²) in [5.74, 6) is 1.11. The predicted molar refractivity (Wildman–Crippen MR) is 98.4 cm³/mol. The first-order valence-electron chi connectivity index (χ1n) is 8.70. The fraction of sp³-hybridized carbons (Fsp3) is 0.286. The van der Waals surface area contributed by atoms with E-state index in [9.17, 15) is 4.79 Å². The quantitative estimate of drug-likeness (QED) is 0.810. The number of likely N-dealkylation sites (tertiary alicyclic amines) is 1. The summed E-state index contributed by atoms with van der Waals surface area (Å²) in [7, 11) is 0. The van der Waals surface area contributed by atoms with Crippen molar-refractivity contribution in [2.45, 2.75) is 13.3 Å². The molecule has 1 saturated heterocycles. The van der Waals surface area contributed by atoms with Crippen LogP contribution in [0.2, 0.25) is 0 Å². The topological polar surface area (TPSA) is 46.1 Å². The van der Waals surface area contributed by atoms with Gasteiger partial charge in [-0.15, -0.1) is 0 Å². The van der Waals surface area contributed by atoms with Crippen LogP contribution in [0.15, 0.2) is 55.0 Å². The van der Waals surface area contributed by atoms with E-state index >= 15 is 0 Å². The second kappa shape index (κ2) is 6.63. The Bertz CT molecular complexity index is 824. The summed E-state index contributed by atoms with van der Waals surface area (Å²) < 4.78 is 0. The zero-order valence-electron chi connectivity index (χ0n) is 14.3. The largest absolute Gasteiger partial charge is 0.338 e. The van der Waals surface area contributed by atoms with Crippen LogP contribution in [-0.4, -0.2) is 33.9 Å². The van der Waals surface area contributed by atoms with Crippen molar-refractivity contribution in [3.8, 4) is 0 Å². The van der Waals surface area contributed by atoms with Crippen molar-refractivity contribution in [1.29, 1.82) is 0 Å². The standard InChI is InChI=1S/C21H21N3O/c1-15-2-3-16(12-23-15)4-5-21(25)24-13-19-10-18(11-20(19)14-24)17-6-8-22-9-7-17/h2-10,12,19-20H,11,13-14H2,1H3/b5-4+. The van der Waals surface area contributed by atoms with Crippen LogP contribution in [0, 0.1) is 18.8 Å². The summed E-state index contributed by atoms with van der Waals surface area (Å²) in [5.41, 5.74) is 4.59. The average molecular weight is 331 g/mol. The van der Waals surface area contributed by atoms with Gasteiger partial charge in [0.25, 0.3) is 0 Å². The van der Waals surface area contributed by atoms with E-state index in [-0.39, 0.29) is 5.91 Å². The number of carbonyl (C=O) groups excluding carboxylic acids is 1. The van der Waals surface area contributed by atoms with Crippen LogP contribution >= 0.6 is 0 Å². The van der Waals surface area contributed by atoms with E-state index in [0.717, 1.165) is 30.8 Å². The van der Waals surface area contributed by atoms with E-state index in [2.05, 4.69) is 28.2 Å². The number of amides is 1. The van der Waals surface area contributed by atoms with E-state index in [4.69, 9.17) is 0 Å². The molecule has 25 heavy (non-hydrogen) atoms. The minimum absolute atomic E-state index is 0.0915. The minimum atomic E-state index is 0.0915. The molecule has 1 aliphatic heterocycles. The highest BCUT2D eigenvalue weighted by Crippen LogP contribution is 2.40. The Morgan fingerprint density at radius 1 is 1.20 bits per heavy atom. The number of pyridine rings is 2. The number of aromatic nitrogens is 2. The highest BCUT2D eigenvalue weighted by molar-refractivity contribution is 5.92. The Labute approximate surface area is 147 Å². The number of allylic oxidation sites excluding steroid dienone is 1. The molecule has 4 heteroatoms. The van der Waals surface area contributed by atoms with Crippen LogP contribution in [0.3, 0.4) is 0 Å². The van der Waals surface area contributed by atoms with E-state index in [1.807, 2.05) is 42.4 Å². The molecule has 0 bridgehead atoms. The molecule has 2 unspecified atom stereocenters. The van der Waals surface area contributed by atoms with Gasteiger partial charge in [0.15, 0.2) is 0 Å². The number of hydrogen-bond acceptors (Lipinski definition) is 3. The zero-order valence-corrected chi connectivity index (χ0v) is 14.3. The molecule has 1 aliphatic carbocycles. The number of nitrogens with zero attached hydrogens (tertiary/aromatic N) is 3. The highest BCUT2D eigenvalue weighted by Gasteiger charge is 2.37. The number of fused-ring (bicyclic) bond motifs is 1. The molecular weight excluding hydrogens is 310 g/mol. The summed E-state index contributed by atoms with van der Waals surface area (Å²) in [5, 5.41) is 0. The van der Waals surface area contributed by atoms with Crippen molar-refractivity contribution < 1.29 is 4.79 Å². The van der Waals surface area contributed by atoms with Gasteiger partial charge in [0.05, 0.1) is 0 Å². The second-order valence-corrected chi connectivity index (χ2v) is 6.87. The molecule has 0 spiro atoms. The molecule has 2 aliphatic rings. The Morgan fingerprint density at radius 2 is 2.04 bits per heavy atom. The van der Waals surface area contributed by atoms with Crippen molar-refractivity contribution in [1.82, 2.24) is 14.9 Å². The van der Waals surface area contributed by atoms with Gasteiger partial charge in [-0.2, -0.15) is 0 Å². The lowest BCUT2D eigenvalue weighted by atomic mass is 9.99. The predicted octanol–water partition coefficient (Wildman–Crippen LogP) is 3.36. The van der Waals surface area contributed by atoms with Gasteiger partial charge in [0.2, 0.25) is 5.91 Å². The van der Waals surface area contributed by atoms with E-state index in [1.165, 1.54) is 11.1 Å². The lowest BCUT2D eigenvalue weighted by Gasteiger charge is -2.15. The Hall–Kier alpha value is -2.75. The number of rotatable bonds is 3. The third kappa shape index (κ3) is 3.38. The first-order valence-corrected chi connectivity index (χ1v) is 8.70. The summed E-state index contributed by atoms with van der Waals surface area (Å²) in [6.07, 6.45) is 12.4. The summed E-state index contributed by atoms with van der Waals surface area (Å²) >= 11 is 0. The van der Waals surface area contributed by atoms with Crippen LogP contribution in [-0.2, 0) is 4.79 Å². The van der Waals surface area contributed by atoms with Crippen LogP contribution in [0.25, 0.3) is 11.6 Å². The third-order valence-electron chi connectivity index (χ3n) is 5.10. The Kier molecular flexibility index (Phi) is 4.18. The van der Waals surface area contributed by atoms with Gasteiger partial charge in [-0.1, -0.05) is 12.1 Å². The van der Waals surface area contributed by atoms with Crippen LogP contribution in [0.1, 0.15) is 23.2 Å². The fourth-order valence-corrected chi connectivity index (χ4v) is 3.72. The Morgan fingerprint density at radius 3 is 2.76 bits per heavy atom. The zero-order chi connectivity index (χ0) is 17.2. The SMILES string of the molecule is Cc1ccc(/C=C/C(=O)N2CC3C=C(c4ccncc4)CC3C2)cn1. The van der Waals surface area contributed by atoms with Gasteiger partial charge in [-0.05, 0) is 66.2 Å². The first kappa shape index (κ1) is 15.8. The molecule has 0 N–H and O–H groups in total. The van der Waals surface area contributed by atoms with Crippen LogP contribution in [0.5, 0.6) is 0 Å². The van der Waals surface area contributed by atoms with Gasteiger partial charge in [0, 0.05) is 43.4 Å². The normalized spacial score (nSPS) is 22.3. The first-order chi connectivity index (χ1) is 12.2. The van der Waals surface area contributed by atoms with E-state index < -0.39 is 0 Å². The van der Waals surface area contributed by atoms with Gasteiger partial charge in [0.1, 0.15) is 0 Å². The van der Waals surface area contributed by atoms with Gasteiger partial charge in [-0.3, -0.25) is 14.8 Å². The number of carbonyl (C=O) groups is 1. The molecule has 2 atom stereocenters. The van der Waals surface area contributed by atoms with Crippen molar-refractivity contribution in [2.75, 3.05) is 13.1 Å². The number of hydrogen-bond donors (Lipinski definition) is 0. The second-order valence-electron chi connectivity index (χ2n) is 6.87. The third-order valence-corrected chi connectivity index (χ3v) is 5.10. The monoisotopic (exact) mass is 331 g/mol. The van der Waals surface area contributed by atoms with Crippen molar-refractivity contribution in [3.05, 3.63) is 71.8 Å². The molecule has 0 radical (unpaired) electrons. The molecule has 3 heterocycles.